The van der Waals surface area contributed by atoms with Gasteiger partial charge in [0.1, 0.15) is 23.0 Å². The summed E-state index contributed by atoms with van der Waals surface area (Å²) in [5.41, 5.74) is 1.49. The van der Waals surface area contributed by atoms with Crippen molar-refractivity contribution in [3.8, 4) is 5.75 Å². The Kier molecular flexibility index (Phi) is 5.78. The molecule has 0 radical (unpaired) electrons. The van der Waals surface area contributed by atoms with E-state index in [1.165, 1.54) is 23.1 Å². The predicted octanol–water partition coefficient (Wildman–Crippen LogP) is 2.98. The normalized spacial score (nSPS) is 19.6. The van der Waals surface area contributed by atoms with Gasteiger partial charge in [-0.05, 0) is 30.7 Å². The van der Waals surface area contributed by atoms with Gasteiger partial charge < -0.3 is 19.8 Å². The highest BCUT2D eigenvalue weighted by molar-refractivity contribution is 5.99. The van der Waals surface area contributed by atoms with Gasteiger partial charge in [0, 0.05) is 36.7 Å². The van der Waals surface area contributed by atoms with Crippen molar-refractivity contribution in [3.63, 3.8) is 0 Å². The molecule has 0 spiro atoms. The molecule has 0 saturated carbocycles. The molecule has 0 aromatic heterocycles. The lowest BCUT2D eigenvalue weighted by molar-refractivity contribution is -0.135. The number of hydrogen-bond acceptors (Lipinski definition) is 6. The number of aliphatic carboxylic acids is 2. The van der Waals surface area contributed by atoms with E-state index in [0.29, 0.717) is 23.4 Å². The predicted molar refractivity (Wildman–Crippen MR) is 108 cm³/mol. The van der Waals surface area contributed by atoms with Gasteiger partial charge in [-0.1, -0.05) is 13.8 Å². The van der Waals surface area contributed by atoms with Gasteiger partial charge in [-0.15, -0.1) is 0 Å². The third-order valence-corrected chi connectivity index (χ3v) is 5.41. The van der Waals surface area contributed by atoms with Crippen molar-refractivity contribution < 1.29 is 34.1 Å². The third kappa shape index (κ3) is 3.49. The number of nitrogens with zero attached hydrogens (tertiary/aromatic N) is 1. The van der Waals surface area contributed by atoms with Crippen molar-refractivity contribution in [3.05, 3.63) is 46.9 Å². The topological polar surface area (TPSA) is 121 Å². The third-order valence-electron chi connectivity index (χ3n) is 5.41. The fourth-order valence-electron chi connectivity index (χ4n) is 3.89. The number of ether oxygens (including phenoxy) is 1. The van der Waals surface area contributed by atoms with Crippen LogP contribution in [0.2, 0.25) is 0 Å². The largest absolute Gasteiger partial charge is 0.477 e. The molecule has 0 aliphatic carbocycles. The minimum absolute atomic E-state index is 0.0252. The molecule has 2 N–H and O–H groups in total. The Bertz CT molecular complexity index is 1000. The average molecular weight is 413 g/mol. The number of carbonyl (C=O) groups excluding carboxylic acids is 2. The fourth-order valence-corrected chi connectivity index (χ4v) is 3.89. The molecule has 8 heteroatoms. The van der Waals surface area contributed by atoms with Crippen LogP contribution in [0.25, 0.3) is 0 Å². The van der Waals surface area contributed by atoms with Crippen LogP contribution >= 0.6 is 0 Å². The molecular formula is C22H23NO7. The monoisotopic (exact) mass is 413 g/mol. The summed E-state index contributed by atoms with van der Waals surface area (Å²) in [6, 6.07) is 3.21. The van der Waals surface area contributed by atoms with Crippen molar-refractivity contribution in [2.75, 3.05) is 11.4 Å². The maximum atomic E-state index is 12.6. The van der Waals surface area contributed by atoms with Crippen molar-refractivity contribution in [1.82, 2.24) is 0 Å². The number of carbonyl (C=O) groups is 4. The van der Waals surface area contributed by atoms with Crippen LogP contribution in [0.3, 0.4) is 0 Å². The van der Waals surface area contributed by atoms with Gasteiger partial charge in [0.2, 0.25) is 5.76 Å². The summed E-state index contributed by atoms with van der Waals surface area (Å²) in [6.07, 6.45) is 3.13. The van der Waals surface area contributed by atoms with Crippen LogP contribution in [0, 0.1) is 0 Å². The summed E-state index contributed by atoms with van der Waals surface area (Å²) in [5.74, 6) is -4.57. The molecule has 1 aromatic carbocycles. The van der Waals surface area contributed by atoms with Crippen molar-refractivity contribution >= 4 is 29.2 Å². The minimum Gasteiger partial charge on any atom is -0.477 e. The van der Waals surface area contributed by atoms with Gasteiger partial charge in [0.25, 0.3) is 0 Å². The van der Waals surface area contributed by atoms with Gasteiger partial charge in [0.05, 0.1) is 11.8 Å². The summed E-state index contributed by atoms with van der Waals surface area (Å²) in [7, 11) is 0. The summed E-state index contributed by atoms with van der Waals surface area (Å²) in [6.45, 7) is 5.48. The molecule has 3 rings (SSSR count). The maximum Gasteiger partial charge on any atom is 0.371 e. The summed E-state index contributed by atoms with van der Waals surface area (Å²) in [4.78, 5) is 50.0. The van der Waals surface area contributed by atoms with Crippen LogP contribution in [0.4, 0.5) is 5.69 Å². The number of fused-ring (bicyclic) bond motifs is 2. The van der Waals surface area contributed by atoms with E-state index in [9.17, 15) is 29.4 Å². The lowest BCUT2D eigenvalue weighted by Gasteiger charge is -2.35. The number of allylic oxidation sites excluding steroid dienone is 2. The highest BCUT2D eigenvalue weighted by Crippen LogP contribution is 2.45. The highest BCUT2D eigenvalue weighted by atomic mass is 16.5. The molecule has 30 heavy (non-hydrogen) atoms. The standard InChI is InChI=1S/C22H23NO7/c1-4-17(24)12-8-16(21(26)27)23(6-3)15-10-19-14(7-11(12)15)13(18(25)5-2)9-20(30-19)22(28)29/h7-10,12-13H,4-6H2,1-3H3,(H,26,27)(H,28,29). The number of ketones is 2. The zero-order valence-electron chi connectivity index (χ0n) is 17.0. The number of Topliss-reactive ketones (excluding diaryl/α,β-unsaturated/α-hetero) is 2. The molecule has 2 unspecified atom stereocenters. The van der Waals surface area contributed by atoms with Gasteiger partial charge in [0.15, 0.2) is 0 Å². The fraction of sp³-hybridized carbons (Fsp3) is 0.364. The molecule has 2 aliphatic heterocycles. The van der Waals surface area contributed by atoms with E-state index in [2.05, 4.69) is 0 Å². The first kappa shape index (κ1) is 21.3. The molecule has 0 amide bonds. The summed E-state index contributed by atoms with van der Waals surface area (Å²) in [5, 5.41) is 19.0. The zero-order chi connectivity index (χ0) is 22.2. The maximum absolute atomic E-state index is 12.6. The molecule has 1 aromatic rings. The first-order valence-corrected chi connectivity index (χ1v) is 9.82. The number of benzene rings is 1. The van der Waals surface area contributed by atoms with Gasteiger partial charge in [-0.2, -0.15) is 0 Å². The quantitative estimate of drug-likeness (QED) is 0.700. The number of hydrogen-bond donors (Lipinski definition) is 2. The van der Waals surface area contributed by atoms with E-state index in [0.717, 1.165) is 0 Å². The smallest absolute Gasteiger partial charge is 0.371 e. The Labute approximate surface area is 173 Å². The van der Waals surface area contributed by atoms with Gasteiger partial charge in [-0.25, -0.2) is 9.59 Å². The first-order valence-electron chi connectivity index (χ1n) is 9.82. The lowest BCUT2D eigenvalue weighted by Crippen LogP contribution is -2.34. The first-order chi connectivity index (χ1) is 14.2. The second-order valence-electron chi connectivity index (χ2n) is 7.08. The summed E-state index contributed by atoms with van der Waals surface area (Å²) < 4.78 is 5.53. The number of anilines is 1. The molecule has 2 aliphatic rings. The van der Waals surface area contributed by atoms with Gasteiger partial charge in [-0.3, -0.25) is 9.59 Å². The number of carboxylic acid groups (broad SMARTS) is 2. The Balaban J connectivity index is 2.26. The zero-order valence-corrected chi connectivity index (χ0v) is 17.0. The molecule has 0 fully saturated rings. The van der Waals surface area contributed by atoms with Crippen LogP contribution in [-0.4, -0.2) is 40.3 Å². The second-order valence-corrected chi connectivity index (χ2v) is 7.08. The van der Waals surface area contributed by atoms with E-state index in [1.54, 1.807) is 26.8 Å². The van der Waals surface area contributed by atoms with Crippen LogP contribution in [0.1, 0.15) is 56.6 Å². The molecule has 2 heterocycles. The van der Waals surface area contributed by atoms with E-state index >= 15 is 0 Å². The average Bonchev–Trinajstić information content (AvgIpc) is 2.74. The van der Waals surface area contributed by atoms with Crippen LogP contribution in [-0.2, 0) is 19.2 Å². The van der Waals surface area contributed by atoms with Crippen molar-refractivity contribution in [2.24, 2.45) is 0 Å². The Morgan fingerprint density at radius 2 is 1.50 bits per heavy atom. The highest BCUT2D eigenvalue weighted by Gasteiger charge is 2.36. The number of carboxylic acids is 2. The Morgan fingerprint density at radius 3 is 2.00 bits per heavy atom. The van der Waals surface area contributed by atoms with Gasteiger partial charge >= 0.3 is 11.9 Å². The Hall–Kier alpha value is -3.42. The summed E-state index contributed by atoms with van der Waals surface area (Å²) >= 11 is 0. The molecule has 0 saturated heterocycles. The lowest BCUT2D eigenvalue weighted by atomic mass is 9.82. The molecular weight excluding hydrogens is 390 g/mol. The minimum atomic E-state index is -1.30. The second kappa shape index (κ2) is 8.14. The molecule has 2 atom stereocenters. The van der Waals surface area contributed by atoms with E-state index < -0.39 is 23.8 Å². The number of rotatable bonds is 7. The SMILES string of the molecule is CCC(=O)C1C=C(C(=O)O)Oc2cc3c(cc21)C(C(=O)CC)C=C(C(=O)O)N3CC. The van der Waals surface area contributed by atoms with E-state index in [4.69, 9.17) is 4.74 Å². The number of likely N-dealkylation sites (N-methyl/N-ethyl adjacent to an activating group) is 1. The molecule has 158 valence electrons. The van der Waals surface area contributed by atoms with E-state index in [-0.39, 0.29) is 41.6 Å². The van der Waals surface area contributed by atoms with Crippen molar-refractivity contribution in [2.45, 2.75) is 45.4 Å². The van der Waals surface area contributed by atoms with Crippen LogP contribution in [0.5, 0.6) is 5.75 Å². The van der Waals surface area contributed by atoms with Crippen LogP contribution in [0.15, 0.2) is 35.7 Å². The van der Waals surface area contributed by atoms with E-state index in [1.807, 2.05) is 0 Å². The molecule has 0 bridgehead atoms. The van der Waals surface area contributed by atoms with Crippen LogP contribution < -0.4 is 9.64 Å². The van der Waals surface area contributed by atoms with Crippen molar-refractivity contribution in [1.29, 1.82) is 0 Å². The molecule has 8 nitrogen and oxygen atoms in total. The Morgan fingerprint density at radius 1 is 0.900 bits per heavy atom.